The van der Waals surface area contributed by atoms with Gasteiger partial charge in [0.05, 0.1) is 6.61 Å². The van der Waals surface area contributed by atoms with Crippen LogP contribution in [0.2, 0.25) is 0 Å². The highest BCUT2D eigenvalue weighted by Crippen LogP contribution is 2.30. The molecule has 0 atom stereocenters. The van der Waals surface area contributed by atoms with E-state index in [1.165, 1.54) is 6.07 Å². The van der Waals surface area contributed by atoms with E-state index in [1.807, 2.05) is 6.92 Å². The van der Waals surface area contributed by atoms with Gasteiger partial charge in [-0.2, -0.15) is 0 Å². The minimum absolute atomic E-state index is 0.263. The molecule has 0 spiro atoms. The summed E-state index contributed by atoms with van der Waals surface area (Å²) in [5.41, 5.74) is -1.01. The predicted octanol–water partition coefficient (Wildman–Crippen LogP) is 3.43. The SMILES string of the molecule is CCCCOc1cc(Br)cc2cc(C(=O)O)c(=O)oc12. The molecule has 0 unspecified atom stereocenters. The molecule has 20 heavy (non-hydrogen) atoms. The van der Waals surface area contributed by atoms with Crippen molar-refractivity contribution in [1.29, 1.82) is 0 Å². The van der Waals surface area contributed by atoms with Crippen molar-refractivity contribution >= 4 is 32.9 Å². The van der Waals surface area contributed by atoms with Crippen LogP contribution >= 0.6 is 15.9 Å². The molecule has 0 aliphatic heterocycles. The van der Waals surface area contributed by atoms with Crippen LogP contribution in [0.5, 0.6) is 5.75 Å². The quantitative estimate of drug-likeness (QED) is 0.666. The number of aromatic carboxylic acids is 1. The van der Waals surface area contributed by atoms with Gasteiger partial charge >= 0.3 is 11.6 Å². The van der Waals surface area contributed by atoms with E-state index in [4.69, 9.17) is 14.3 Å². The van der Waals surface area contributed by atoms with E-state index < -0.39 is 17.2 Å². The molecule has 5 nitrogen and oxygen atoms in total. The van der Waals surface area contributed by atoms with Crippen molar-refractivity contribution in [2.24, 2.45) is 0 Å². The molecule has 1 aromatic carbocycles. The van der Waals surface area contributed by atoms with Crippen LogP contribution in [0, 0.1) is 0 Å². The molecular weight excluding hydrogens is 328 g/mol. The van der Waals surface area contributed by atoms with Gasteiger partial charge in [0.15, 0.2) is 11.3 Å². The molecule has 1 heterocycles. The first kappa shape index (κ1) is 14.6. The van der Waals surface area contributed by atoms with Crippen LogP contribution in [0.15, 0.2) is 31.9 Å². The van der Waals surface area contributed by atoms with E-state index in [0.717, 1.165) is 17.3 Å². The van der Waals surface area contributed by atoms with Gasteiger partial charge in [0.1, 0.15) is 5.56 Å². The minimum atomic E-state index is -1.31. The van der Waals surface area contributed by atoms with Crippen LogP contribution in [0.1, 0.15) is 30.1 Å². The Morgan fingerprint density at radius 3 is 2.80 bits per heavy atom. The van der Waals surface area contributed by atoms with E-state index in [9.17, 15) is 9.59 Å². The summed E-state index contributed by atoms with van der Waals surface area (Å²) in [6, 6.07) is 4.67. The van der Waals surface area contributed by atoms with Gasteiger partial charge in [0.2, 0.25) is 0 Å². The van der Waals surface area contributed by atoms with Crippen molar-refractivity contribution in [1.82, 2.24) is 0 Å². The van der Waals surface area contributed by atoms with E-state index in [-0.39, 0.29) is 5.58 Å². The van der Waals surface area contributed by atoms with Gasteiger partial charge in [-0.05, 0) is 24.6 Å². The largest absolute Gasteiger partial charge is 0.490 e. The summed E-state index contributed by atoms with van der Waals surface area (Å²) in [5.74, 6) is -0.883. The number of hydrogen-bond donors (Lipinski definition) is 1. The number of rotatable bonds is 5. The second-order valence-corrected chi connectivity index (χ2v) is 5.19. The number of ether oxygens (including phenoxy) is 1. The molecule has 2 rings (SSSR count). The minimum Gasteiger partial charge on any atom is -0.490 e. The van der Waals surface area contributed by atoms with Crippen LogP contribution in [-0.2, 0) is 0 Å². The monoisotopic (exact) mass is 340 g/mol. The van der Waals surface area contributed by atoms with Crippen LogP contribution in [0.25, 0.3) is 11.0 Å². The summed E-state index contributed by atoms with van der Waals surface area (Å²) < 4.78 is 11.4. The summed E-state index contributed by atoms with van der Waals surface area (Å²) in [7, 11) is 0. The van der Waals surface area contributed by atoms with E-state index >= 15 is 0 Å². The zero-order chi connectivity index (χ0) is 14.7. The molecule has 0 aliphatic carbocycles. The van der Waals surface area contributed by atoms with Gasteiger partial charge in [0.25, 0.3) is 0 Å². The molecule has 0 radical (unpaired) electrons. The van der Waals surface area contributed by atoms with Crippen molar-refractivity contribution < 1.29 is 19.1 Å². The molecule has 0 bridgehead atoms. The summed E-state index contributed by atoms with van der Waals surface area (Å²) in [4.78, 5) is 22.6. The first-order chi connectivity index (χ1) is 9.52. The van der Waals surface area contributed by atoms with Crippen LogP contribution in [0.4, 0.5) is 0 Å². The molecule has 1 N–H and O–H groups in total. The second-order valence-electron chi connectivity index (χ2n) is 4.28. The van der Waals surface area contributed by atoms with Gasteiger partial charge in [-0.1, -0.05) is 29.3 Å². The molecule has 1 aromatic heterocycles. The van der Waals surface area contributed by atoms with Crippen LogP contribution in [-0.4, -0.2) is 17.7 Å². The number of halogens is 1. The Morgan fingerprint density at radius 1 is 1.40 bits per heavy atom. The predicted molar refractivity (Wildman–Crippen MR) is 77.5 cm³/mol. The number of hydrogen-bond acceptors (Lipinski definition) is 4. The molecule has 0 saturated carbocycles. The third-order valence-electron chi connectivity index (χ3n) is 2.75. The maximum Gasteiger partial charge on any atom is 0.351 e. The molecule has 0 saturated heterocycles. The summed E-state index contributed by atoms with van der Waals surface area (Å²) in [6.45, 7) is 2.55. The topological polar surface area (TPSA) is 76.7 Å². The lowest BCUT2D eigenvalue weighted by Gasteiger charge is -2.09. The lowest BCUT2D eigenvalue weighted by atomic mass is 10.2. The first-order valence-corrected chi connectivity index (χ1v) is 6.95. The Labute approximate surface area is 123 Å². The van der Waals surface area contributed by atoms with Gasteiger partial charge in [-0.25, -0.2) is 9.59 Å². The van der Waals surface area contributed by atoms with Gasteiger partial charge in [-0.3, -0.25) is 0 Å². The van der Waals surface area contributed by atoms with Crippen LogP contribution in [0.3, 0.4) is 0 Å². The van der Waals surface area contributed by atoms with Crippen molar-refractivity contribution in [3.8, 4) is 5.75 Å². The lowest BCUT2D eigenvalue weighted by Crippen LogP contribution is -2.13. The fourth-order valence-electron chi connectivity index (χ4n) is 1.75. The van der Waals surface area contributed by atoms with Crippen molar-refractivity contribution in [2.75, 3.05) is 6.61 Å². The van der Waals surface area contributed by atoms with E-state index in [2.05, 4.69) is 15.9 Å². The van der Waals surface area contributed by atoms with E-state index in [0.29, 0.717) is 17.7 Å². The molecule has 2 aromatic rings. The maximum absolute atomic E-state index is 11.6. The Hall–Kier alpha value is -1.82. The molecular formula is C14H13BrO5. The molecule has 0 amide bonds. The molecule has 106 valence electrons. The van der Waals surface area contributed by atoms with Gasteiger partial charge < -0.3 is 14.3 Å². The zero-order valence-corrected chi connectivity index (χ0v) is 12.4. The standard InChI is InChI=1S/C14H13BrO5/c1-2-3-4-19-11-7-9(15)5-8-6-10(13(16)17)14(18)20-12(8)11/h5-7H,2-4H2,1H3,(H,16,17). The van der Waals surface area contributed by atoms with Crippen molar-refractivity contribution in [3.05, 3.63) is 38.7 Å². The number of carboxylic acids is 1. The summed E-state index contributed by atoms with van der Waals surface area (Å²) in [5, 5.41) is 9.44. The Balaban J connectivity index is 2.56. The third-order valence-corrected chi connectivity index (χ3v) is 3.21. The Bertz CT molecular complexity index is 705. The average Bonchev–Trinajstić information content (AvgIpc) is 2.38. The van der Waals surface area contributed by atoms with Crippen molar-refractivity contribution in [2.45, 2.75) is 19.8 Å². The normalized spacial score (nSPS) is 10.7. The van der Waals surface area contributed by atoms with Crippen molar-refractivity contribution in [3.63, 3.8) is 0 Å². The smallest absolute Gasteiger partial charge is 0.351 e. The fraction of sp³-hybridized carbons (Fsp3) is 0.286. The summed E-state index contributed by atoms with van der Waals surface area (Å²) in [6.07, 6.45) is 1.87. The second kappa shape index (κ2) is 6.09. The van der Waals surface area contributed by atoms with E-state index in [1.54, 1.807) is 12.1 Å². The average molecular weight is 341 g/mol. The number of carboxylic acid groups (broad SMARTS) is 1. The Morgan fingerprint density at radius 2 is 2.15 bits per heavy atom. The summed E-state index contributed by atoms with van der Waals surface area (Å²) >= 11 is 3.33. The van der Waals surface area contributed by atoms with Gasteiger partial charge in [0, 0.05) is 9.86 Å². The van der Waals surface area contributed by atoms with Crippen LogP contribution < -0.4 is 10.4 Å². The number of fused-ring (bicyclic) bond motifs is 1. The molecule has 6 heteroatoms. The highest BCUT2D eigenvalue weighted by molar-refractivity contribution is 9.10. The Kier molecular flexibility index (Phi) is 4.44. The highest BCUT2D eigenvalue weighted by Gasteiger charge is 2.15. The molecule has 0 fully saturated rings. The lowest BCUT2D eigenvalue weighted by molar-refractivity contribution is 0.0692. The number of carbonyl (C=O) groups is 1. The number of benzene rings is 1. The third kappa shape index (κ3) is 3.01. The molecule has 0 aliphatic rings. The highest BCUT2D eigenvalue weighted by atomic mass is 79.9. The zero-order valence-electron chi connectivity index (χ0n) is 10.8. The van der Waals surface area contributed by atoms with Gasteiger partial charge in [-0.15, -0.1) is 0 Å². The number of unbranched alkanes of at least 4 members (excludes halogenated alkanes) is 1. The maximum atomic E-state index is 11.6. The fourth-order valence-corrected chi connectivity index (χ4v) is 2.20. The first-order valence-electron chi connectivity index (χ1n) is 6.16.